The van der Waals surface area contributed by atoms with Crippen LogP contribution in [0.25, 0.3) is 0 Å². The van der Waals surface area contributed by atoms with Crippen LogP contribution >= 0.6 is 0 Å². The molecule has 4 atom stereocenters. The molecule has 1 N–H and O–H groups in total. The third kappa shape index (κ3) is 2.59. The highest BCUT2D eigenvalue weighted by molar-refractivity contribution is 6.13. The molecule has 5 rings (SSSR count). The SMILES string of the molecule is COc1cccc(O)c1[C@H]1C2=CCn3c(=O)n(C)c(=O)n3[C@@H]2C[C@H]2C(=O)C(C)=CC(=O)[C@@]12C. The minimum absolute atomic E-state index is 0.0595. The number of rotatable bonds is 2. The van der Waals surface area contributed by atoms with Gasteiger partial charge in [-0.2, -0.15) is 0 Å². The number of carbonyl (C=O) groups excluding carboxylic acids is 2. The Morgan fingerprint density at radius 2 is 1.88 bits per heavy atom. The van der Waals surface area contributed by atoms with Crippen molar-refractivity contribution in [1.29, 1.82) is 0 Å². The van der Waals surface area contributed by atoms with Gasteiger partial charge in [-0.1, -0.05) is 19.1 Å². The largest absolute Gasteiger partial charge is 0.508 e. The smallest absolute Gasteiger partial charge is 0.347 e. The molecule has 1 aliphatic heterocycles. The van der Waals surface area contributed by atoms with Gasteiger partial charge in [-0.25, -0.2) is 23.5 Å². The molecule has 1 aromatic carbocycles. The summed E-state index contributed by atoms with van der Waals surface area (Å²) in [6.45, 7) is 3.51. The van der Waals surface area contributed by atoms with Gasteiger partial charge in [0, 0.05) is 24.4 Å². The van der Waals surface area contributed by atoms with E-state index < -0.39 is 34.7 Å². The Morgan fingerprint density at radius 1 is 1.15 bits per heavy atom. The summed E-state index contributed by atoms with van der Waals surface area (Å²) >= 11 is 0. The molecule has 2 heterocycles. The van der Waals surface area contributed by atoms with Gasteiger partial charge in [0.15, 0.2) is 11.6 Å². The number of benzene rings is 1. The van der Waals surface area contributed by atoms with Gasteiger partial charge in [0.1, 0.15) is 11.5 Å². The molecular formula is C24H25N3O6. The molecule has 1 aromatic heterocycles. The molecule has 0 unspecified atom stereocenters. The predicted octanol–water partition coefficient (Wildman–Crippen LogP) is 1.45. The molecule has 9 nitrogen and oxygen atoms in total. The normalized spacial score (nSPS) is 28.4. The summed E-state index contributed by atoms with van der Waals surface area (Å²) in [5.74, 6) is -1.51. The van der Waals surface area contributed by atoms with E-state index in [1.807, 2.05) is 6.08 Å². The highest BCUT2D eigenvalue weighted by atomic mass is 16.5. The molecule has 9 heteroatoms. The van der Waals surface area contributed by atoms with E-state index in [0.717, 1.165) is 10.1 Å². The van der Waals surface area contributed by atoms with Crippen molar-refractivity contribution in [1.82, 2.24) is 13.9 Å². The highest BCUT2D eigenvalue weighted by Crippen LogP contribution is 2.61. The van der Waals surface area contributed by atoms with E-state index in [1.165, 1.54) is 35.7 Å². The second-order valence-corrected chi connectivity index (χ2v) is 9.22. The summed E-state index contributed by atoms with van der Waals surface area (Å²) < 4.78 is 9.35. The molecule has 2 aliphatic carbocycles. The lowest BCUT2D eigenvalue weighted by Gasteiger charge is -2.52. The van der Waals surface area contributed by atoms with Crippen LogP contribution in [-0.2, 0) is 23.2 Å². The number of nitrogens with zero attached hydrogens (tertiary/aromatic N) is 3. The average molecular weight is 451 g/mol. The maximum absolute atomic E-state index is 13.5. The van der Waals surface area contributed by atoms with Gasteiger partial charge in [-0.05, 0) is 42.7 Å². The van der Waals surface area contributed by atoms with Gasteiger partial charge in [-0.3, -0.25) is 9.59 Å². The summed E-state index contributed by atoms with van der Waals surface area (Å²) in [4.78, 5) is 52.5. The fourth-order valence-corrected chi connectivity index (χ4v) is 5.96. The number of methoxy groups -OCH3 is 1. The molecule has 0 bridgehead atoms. The van der Waals surface area contributed by atoms with E-state index in [2.05, 4.69) is 0 Å². The molecule has 0 amide bonds. The first-order valence-corrected chi connectivity index (χ1v) is 10.8. The Balaban J connectivity index is 1.84. The number of ether oxygens (including phenoxy) is 1. The number of hydrogen-bond acceptors (Lipinski definition) is 6. The van der Waals surface area contributed by atoms with Crippen molar-refractivity contribution in [2.24, 2.45) is 18.4 Å². The Bertz CT molecular complexity index is 1400. The predicted molar refractivity (Wildman–Crippen MR) is 118 cm³/mol. The van der Waals surface area contributed by atoms with Crippen LogP contribution in [0.2, 0.25) is 0 Å². The van der Waals surface area contributed by atoms with Gasteiger partial charge in [0.25, 0.3) is 0 Å². The standard InChI is InChI=1S/C24H25N3O6/c1-12-10-18(29)24(2)14(21(12)30)11-15-13(8-9-26-22(31)25(3)23(32)27(15)26)20(24)19-16(28)6-5-7-17(19)33-4/h5-8,10,14-15,20,28H,9,11H2,1-4H3/t14-,15+,20+,24-/m0/s1. The third-order valence-corrected chi connectivity index (χ3v) is 7.68. The van der Waals surface area contributed by atoms with Gasteiger partial charge in [0.2, 0.25) is 0 Å². The molecule has 0 saturated heterocycles. The van der Waals surface area contributed by atoms with Crippen LogP contribution < -0.4 is 16.1 Å². The van der Waals surface area contributed by atoms with Crippen molar-refractivity contribution >= 4 is 11.6 Å². The second-order valence-electron chi connectivity index (χ2n) is 9.22. The summed E-state index contributed by atoms with van der Waals surface area (Å²) in [7, 11) is 2.90. The Morgan fingerprint density at radius 3 is 2.58 bits per heavy atom. The molecule has 0 spiro atoms. The van der Waals surface area contributed by atoms with Crippen LogP contribution in [-0.4, -0.2) is 37.7 Å². The molecule has 172 valence electrons. The molecule has 3 aliphatic rings. The zero-order valence-electron chi connectivity index (χ0n) is 18.9. The number of carbonyl (C=O) groups is 2. The molecule has 1 fully saturated rings. The molecule has 2 aromatic rings. The van der Waals surface area contributed by atoms with Crippen LogP contribution in [0.5, 0.6) is 11.5 Å². The number of aromatic hydroxyl groups is 1. The first kappa shape index (κ1) is 21.2. The number of allylic oxidation sites excluding steroid dienone is 4. The first-order valence-electron chi connectivity index (χ1n) is 10.8. The van der Waals surface area contributed by atoms with Gasteiger partial charge < -0.3 is 9.84 Å². The van der Waals surface area contributed by atoms with Crippen LogP contribution in [0, 0.1) is 11.3 Å². The Labute approximate surface area is 189 Å². The van der Waals surface area contributed by atoms with Crippen molar-refractivity contribution in [3.63, 3.8) is 0 Å². The second kappa shape index (κ2) is 6.94. The van der Waals surface area contributed by atoms with Crippen LogP contribution in [0.15, 0.2) is 51.1 Å². The van der Waals surface area contributed by atoms with Crippen molar-refractivity contribution < 1.29 is 19.4 Å². The number of phenols is 1. The van der Waals surface area contributed by atoms with Gasteiger partial charge in [0.05, 0.1) is 25.1 Å². The molecule has 33 heavy (non-hydrogen) atoms. The van der Waals surface area contributed by atoms with Crippen LogP contribution in [0.3, 0.4) is 0 Å². The van der Waals surface area contributed by atoms with Crippen molar-refractivity contribution in [3.8, 4) is 11.5 Å². The number of Topliss-reactive ketones (excluding diaryl/α,β-unsaturated/α-hetero) is 1. The van der Waals surface area contributed by atoms with E-state index in [-0.39, 0.29) is 30.3 Å². The lowest BCUT2D eigenvalue weighted by atomic mass is 9.51. The first-order chi connectivity index (χ1) is 15.6. The van der Waals surface area contributed by atoms with Gasteiger partial charge in [-0.15, -0.1) is 0 Å². The molecule has 1 saturated carbocycles. The summed E-state index contributed by atoms with van der Waals surface area (Å²) in [5, 5.41) is 10.9. The summed E-state index contributed by atoms with van der Waals surface area (Å²) in [5.41, 5.74) is -0.628. The number of fused-ring (bicyclic) bond motifs is 4. The minimum Gasteiger partial charge on any atom is -0.508 e. The number of phenolic OH excluding ortho intramolecular Hbond substituents is 1. The average Bonchev–Trinajstić information content (AvgIpc) is 3.01. The molecular weight excluding hydrogens is 426 g/mol. The van der Waals surface area contributed by atoms with Gasteiger partial charge >= 0.3 is 11.4 Å². The fourth-order valence-electron chi connectivity index (χ4n) is 5.96. The summed E-state index contributed by atoms with van der Waals surface area (Å²) in [6.07, 6.45) is 3.42. The van der Waals surface area contributed by atoms with Crippen molar-refractivity contribution in [3.05, 3.63) is 68.0 Å². The number of ketones is 2. The monoisotopic (exact) mass is 451 g/mol. The van der Waals surface area contributed by atoms with E-state index in [4.69, 9.17) is 4.74 Å². The maximum Gasteiger partial charge on any atom is 0.347 e. The fraction of sp³-hybridized carbons (Fsp3) is 0.417. The van der Waals surface area contributed by atoms with E-state index in [0.29, 0.717) is 16.9 Å². The third-order valence-electron chi connectivity index (χ3n) is 7.68. The molecule has 0 radical (unpaired) electrons. The van der Waals surface area contributed by atoms with E-state index >= 15 is 0 Å². The zero-order valence-corrected chi connectivity index (χ0v) is 18.9. The summed E-state index contributed by atoms with van der Waals surface area (Å²) in [6, 6.07) is 4.24. The highest BCUT2D eigenvalue weighted by Gasteiger charge is 2.60. The van der Waals surface area contributed by atoms with E-state index in [1.54, 1.807) is 26.0 Å². The lowest BCUT2D eigenvalue weighted by Crippen LogP contribution is -2.54. The topological polar surface area (TPSA) is 113 Å². The van der Waals surface area contributed by atoms with Crippen molar-refractivity contribution in [2.75, 3.05) is 7.11 Å². The number of hydrogen-bond donors (Lipinski definition) is 1. The quantitative estimate of drug-likeness (QED) is 0.692. The van der Waals surface area contributed by atoms with Crippen LogP contribution in [0.4, 0.5) is 0 Å². The van der Waals surface area contributed by atoms with Crippen LogP contribution in [0.1, 0.15) is 37.8 Å². The Kier molecular flexibility index (Phi) is 4.46. The lowest BCUT2D eigenvalue weighted by molar-refractivity contribution is -0.139. The minimum atomic E-state index is -1.19. The zero-order chi connectivity index (χ0) is 23.8. The maximum atomic E-state index is 13.5. The van der Waals surface area contributed by atoms with Crippen molar-refractivity contribution in [2.45, 2.75) is 38.8 Å². The van der Waals surface area contributed by atoms with E-state index in [9.17, 15) is 24.3 Å². The number of aromatic nitrogens is 3. The Hall–Kier alpha value is -3.62.